The first-order valence-electron chi connectivity index (χ1n) is 6.79. The van der Waals surface area contributed by atoms with Gasteiger partial charge in [0.2, 0.25) is 0 Å². The Labute approximate surface area is 117 Å². The molecule has 0 aliphatic heterocycles. The van der Waals surface area contributed by atoms with Gasteiger partial charge < -0.3 is 0 Å². The molecule has 3 aromatic carbocycles. The first-order chi connectivity index (χ1) is 9.83. The van der Waals surface area contributed by atoms with Gasteiger partial charge >= 0.3 is 0 Å². The van der Waals surface area contributed by atoms with Crippen molar-refractivity contribution in [3.8, 4) is 22.3 Å². The van der Waals surface area contributed by atoms with Gasteiger partial charge in [-0.2, -0.15) is 0 Å². The molecule has 0 fully saturated rings. The van der Waals surface area contributed by atoms with Crippen LogP contribution in [0.2, 0.25) is 0 Å². The molecule has 0 N–H and O–H groups in total. The van der Waals surface area contributed by atoms with Gasteiger partial charge in [0.15, 0.2) is 0 Å². The van der Waals surface area contributed by atoms with E-state index in [1.807, 2.05) is 12.1 Å². The van der Waals surface area contributed by atoms with Gasteiger partial charge in [0.1, 0.15) is 5.82 Å². The molecule has 0 bridgehead atoms. The zero-order chi connectivity index (χ0) is 13.5. The Morgan fingerprint density at radius 3 is 2.20 bits per heavy atom. The fourth-order valence-electron chi connectivity index (χ4n) is 3.06. The predicted molar refractivity (Wildman–Crippen MR) is 80.1 cm³/mol. The number of benzene rings is 3. The lowest BCUT2D eigenvalue weighted by Crippen LogP contribution is -1.88. The fourth-order valence-corrected chi connectivity index (χ4v) is 3.06. The topological polar surface area (TPSA) is 0 Å². The minimum Gasteiger partial charge on any atom is -0.207 e. The zero-order valence-electron chi connectivity index (χ0n) is 10.9. The Morgan fingerprint density at radius 1 is 0.650 bits per heavy atom. The van der Waals surface area contributed by atoms with E-state index in [4.69, 9.17) is 0 Å². The second-order valence-corrected chi connectivity index (χ2v) is 5.17. The van der Waals surface area contributed by atoms with Crippen LogP contribution in [0.15, 0.2) is 66.7 Å². The molecule has 3 aromatic rings. The molecule has 1 heteroatoms. The Kier molecular flexibility index (Phi) is 2.46. The van der Waals surface area contributed by atoms with Gasteiger partial charge in [-0.1, -0.05) is 54.6 Å². The third-order valence-corrected chi connectivity index (χ3v) is 4.01. The van der Waals surface area contributed by atoms with Crippen LogP contribution in [0.4, 0.5) is 4.39 Å². The summed E-state index contributed by atoms with van der Waals surface area (Å²) < 4.78 is 13.1. The highest BCUT2D eigenvalue weighted by Crippen LogP contribution is 2.41. The predicted octanol–water partition coefficient (Wildman–Crippen LogP) is 5.06. The summed E-state index contributed by atoms with van der Waals surface area (Å²) >= 11 is 0. The zero-order valence-corrected chi connectivity index (χ0v) is 10.9. The Hall–Kier alpha value is -2.41. The Morgan fingerprint density at radius 2 is 1.35 bits per heavy atom. The van der Waals surface area contributed by atoms with Gasteiger partial charge in [0.05, 0.1) is 0 Å². The summed E-state index contributed by atoms with van der Waals surface area (Å²) in [5.41, 5.74) is 7.64. The lowest BCUT2D eigenvalue weighted by molar-refractivity contribution is 0.628. The van der Waals surface area contributed by atoms with Crippen LogP contribution < -0.4 is 0 Å². The molecule has 96 valence electrons. The quantitative estimate of drug-likeness (QED) is 0.448. The maximum absolute atomic E-state index is 13.1. The average Bonchev–Trinajstić information content (AvgIpc) is 2.87. The first-order valence-corrected chi connectivity index (χ1v) is 6.79. The van der Waals surface area contributed by atoms with E-state index in [9.17, 15) is 4.39 Å². The molecule has 0 atom stereocenters. The van der Waals surface area contributed by atoms with E-state index in [0.29, 0.717) is 0 Å². The molecule has 0 unspecified atom stereocenters. The van der Waals surface area contributed by atoms with E-state index in [1.165, 1.54) is 39.9 Å². The molecular weight excluding hydrogens is 247 g/mol. The lowest BCUT2D eigenvalue weighted by atomic mass is 9.96. The summed E-state index contributed by atoms with van der Waals surface area (Å²) in [6.45, 7) is 0. The van der Waals surface area contributed by atoms with Gasteiger partial charge in [0, 0.05) is 0 Å². The number of halogens is 1. The second kappa shape index (κ2) is 4.31. The highest BCUT2D eigenvalue weighted by Gasteiger charge is 2.20. The highest BCUT2D eigenvalue weighted by atomic mass is 19.1. The first kappa shape index (κ1) is 11.4. The summed E-state index contributed by atoms with van der Waals surface area (Å²) in [7, 11) is 0. The Balaban J connectivity index is 1.91. The van der Waals surface area contributed by atoms with Gasteiger partial charge in [-0.3, -0.25) is 0 Å². The van der Waals surface area contributed by atoms with Crippen LogP contribution in [0.1, 0.15) is 11.1 Å². The maximum Gasteiger partial charge on any atom is 0.123 e. The molecule has 4 rings (SSSR count). The van der Waals surface area contributed by atoms with Crippen molar-refractivity contribution in [2.24, 2.45) is 0 Å². The van der Waals surface area contributed by atoms with Crippen molar-refractivity contribution in [1.82, 2.24) is 0 Å². The standard InChI is InChI=1S/C19H13F/c20-15-10-8-13(9-11-15)16-6-3-7-18-17-5-2-1-4-14(17)12-19(16)18/h1-11H,12H2. The van der Waals surface area contributed by atoms with Crippen LogP contribution in [0.5, 0.6) is 0 Å². The highest BCUT2D eigenvalue weighted by molar-refractivity contribution is 5.84. The maximum atomic E-state index is 13.1. The summed E-state index contributed by atoms with van der Waals surface area (Å²) in [6, 6.07) is 21.7. The van der Waals surface area contributed by atoms with Crippen molar-refractivity contribution in [3.63, 3.8) is 0 Å². The summed E-state index contributed by atoms with van der Waals surface area (Å²) in [5, 5.41) is 0. The van der Waals surface area contributed by atoms with Crippen LogP contribution in [-0.2, 0) is 6.42 Å². The molecule has 0 radical (unpaired) electrons. The van der Waals surface area contributed by atoms with E-state index >= 15 is 0 Å². The third kappa shape index (κ3) is 1.67. The number of hydrogen-bond donors (Lipinski definition) is 0. The van der Waals surface area contributed by atoms with Crippen molar-refractivity contribution in [2.75, 3.05) is 0 Å². The van der Waals surface area contributed by atoms with E-state index in [0.717, 1.165) is 12.0 Å². The van der Waals surface area contributed by atoms with Crippen molar-refractivity contribution in [3.05, 3.63) is 83.7 Å². The molecule has 0 nitrogen and oxygen atoms in total. The molecule has 0 spiro atoms. The second-order valence-electron chi connectivity index (χ2n) is 5.17. The van der Waals surface area contributed by atoms with E-state index in [2.05, 4.69) is 42.5 Å². The van der Waals surface area contributed by atoms with Gasteiger partial charge in [-0.25, -0.2) is 4.39 Å². The van der Waals surface area contributed by atoms with Crippen LogP contribution in [0.25, 0.3) is 22.3 Å². The van der Waals surface area contributed by atoms with Crippen molar-refractivity contribution < 1.29 is 4.39 Å². The number of rotatable bonds is 1. The fraction of sp³-hybridized carbons (Fsp3) is 0.0526. The normalized spacial score (nSPS) is 12.1. The summed E-state index contributed by atoms with van der Waals surface area (Å²) in [5.74, 6) is -0.190. The molecule has 0 heterocycles. The summed E-state index contributed by atoms with van der Waals surface area (Å²) in [6.07, 6.45) is 0.957. The molecule has 0 saturated carbocycles. The van der Waals surface area contributed by atoms with Crippen molar-refractivity contribution in [2.45, 2.75) is 6.42 Å². The molecule has 0 saturated heterocycles. The number of fused-ring (bicyclic) bond motifs is 3. The van der Waals surface area contributed by atoms with Gasteiger partial charge in [0.25, 0.3) is 0 Å². The van der Waals surface area contributed by atoms with Crippen LogP contribution >= 0.6 is 0 Å². The monoisotopic (exact) mass is 260 g/mol. The van der Waals surface area contributed by atoms with Crippen molar-refractivity contribution >= 4 is 0 Å². The minimum absolute atomic E-state index is 0.190. The average molecular weight is 260 g/mol. The molecule has 0 aromatic heterocycles. The minimum atomic E-state index is -0.190. The van der Waals surface area contributed by atoms with E-state index in [1.54, 1.807) is 0 Å². The van der Waals surface area contributed by atoms with Crippen LogP contribution in [0, 0.1) is 5.82 Å². The molecule has 1 aliphatic carbocycles. The van der Waals surface area contributed by atoms with Crippen LogP contribution in [-0.4, -0.2) is 0 Å². The Bertz CT molecular complexity index is 785. The number of hydrogen-bond acceptors (Lipinski definition) is 0. The smallest absolute Gasteiger partial charge is 0.123 e. The summed E-state index contributed by atoms with van der Waals surface area (Å²) in [4.78, 5) is 0. The van der Waals surface area contributed by atoms with Gasteiger partial charge in [-0.15, -0.1) is 0 Å². The van der Waals surface area contributed by atoms with E-state index < -0.39 is 0 Å². The lowest BCUT2D eigenvalue weighted by Gasteiger charge is -2.08. The molecule has 20 heavy (non-hydrogen) atoms. The largest absolute Gasteiger partial charge is 0.207 e. The van der Waals surface area contributed by atoms with Gasteiger partial charge in [-0.05, 0) is 51.9 Å². The molecular formula is C19H13F. The van der Waals surface area contributed by atoms with E-state index in [-0.39, 0.29) is 5.82 Å². The van der Waals surface area contributed by atoms with Crippen molar-refractivity contribution in [1.29, 1.82) is 0 Å². The SMILES string of the molecule is Fc1ccc(-c2cccc3c2Cc2ccccc2-3)cc1. The molecule has 1 aliphatic rings. The third-order valence-electron chi connectivity index (χ3n) is 4.01. The molecule has 0 amide bonds. The van der Waals surface area contributed by atoms with Crippen LogP contribution in [0.3, 0.4) is 0 Å².